The summed E-state index contributed by atoms with van der Waals surface area (Å²) in [7, 11) is 0. The number of nitrogens with zero attached hydrogens (tertiary/aromatic N) is 1. The predicted molar refractivity (Wildman–Crippen MR) is 68.2 cm³/mol. The monoisotopic (exact) mass is 253 g/mol. The molecule has 0 radical (unpaired) electrons. The second-order valence-electron chi connectivity index (χ2n) is 6.24. The van der Waals surface area contributed by atoms with Crippen LogP contribution >= 0.6 is 0 Å². The highest BCUT2D eigenvalue weighted by atomic mass is 16.4. The van der Waals surface area contributed by atoms with Gasteiger partial charge in [0.25, 0.3) is 0 Å². The van der Waals surface area contributed by atoms with Gasteiger partial charge in [0, 0.05) is 24.9 Å². The number of likely N-dealkylation sites (tertiary alicyclic amines) is 1. The molecular weight excluding hydrogens is 230 g/mol. The van der Waals surface area contributed by atoms with E-state index in [-0.39, 0.29) is 17.8 Å². The van der Waals surface area contributed by atoms with Crippen LogP contribution in [-0.4, -0.2) is 41.4 Å². The quantitative estimate of drug-likeness (QED) is 0.827. The minimum Gasteiger partial charge on any atom is -0.481 e. The number of carboxylic acids is 1. The van der Waals surface area contributed by atoms with Crippen LogP contribution in [0.15, 0.2) is 0 Å². The number of piperidine rings is 1. The molecule has 0 aromatic carbocycles. The standard InChI is InChI=1S/C14H23NO3/c1-9(2)3-4-15-7-11-5-10(14(17)18)6-12(8-15)13(11)16/h9-12H,3-8H2,1-2H3,(H,17,18). The molecular formula is C14H23NO3. The Bertz CT molecular complexity index is 322. The number of hydrogen-bond donors (Lipinski definition) is 1. The van der Waals surface area contributed by atoms with Crippen molar-refractivity contribution >= 4 is 11.8 Å². The van der Waals surface area contributed by atoms with Crippen LogP contribution < -0.4 is 0 Å². The summed E-state index contributed by atoms with van der Waals surface area (Å²) in [5, 5.41) is 9.10. The Balaban J connectivity index is 1.95. The zero-order valence-electron chi connectivity index (χ0n) is 11.3. The second kappa shape index (κ2) is 5.39. The zero-order chi connectivity index (χ0) is 13.3. The number of carbonyl (C=O) groups is 2. The molecule has 2 aliphatic rings. The third-order valence-electron chi connectivity index (χ3n) is 4.27. The van der Waals surface area contributed by atoms with Crippen molar-refractivity contribution in [2.24, 2.45) is 23.7 Å². The van der Waals surface area contributed by atoms with Crippen LogP contribution in [0.5, 0.6) is 0 Å². The first-order valence-corrected chi connectivity index (χ1v) is 6.96. The van der Waals surface area contributed by atoms with Crippen LogP contribution in [0.4, 0.5) is 0 Å². The molecule has 0 spiro atoms. The van der Waals surface area contributed by atoms with Gasteiger partial charge in [0.2, 0.25) is 0 Å². The molecule has 0 aromatic rings. The Morgan fingerprint density at radius 3 is 2.33 bits per heavy atom. The number of hydrogen-bond acceptors (Lipinski definition) is 3. The topological polar surface area (TPSA) is 57.6 Å². The van der Waals surface area contributed by atoms with Crippen molar-refractivity contribution in [3.8, 4) is 0 Å². The fraction of sp³-hybridized carbons (Fsp3) is 0.857. The second-order valence-corrected chi connectivity index (χ2v) is 6.24. The number of ketones is 1. The van der Waals surface area contributed by atoms with Crippen LogP contribution in [0.3, 0.4) is 0 Å². The molecule has 1 aliphatic carbocycles. The molecule has 2 fully saturated rings. The highest BCUT2D eigenvalue weighted by Crippen LogP contribution is 2.35. The summed E-state index contributed by atoms with van der Waals surface area (Å²) >= 11 is 0. The van der Waals surface area contributed by atoms with E-state index in [9.17, 15) is 9.59 Å². The first kappa shape index (κ1) is 13.5. The van der Waals surface area contributed by atoms with Crippen molar-refractivity contribution in [2.45, 2.75) is 33.1 Å². The van der Waals surface area contributed by atoms with Gasteiger partial charge in [0.15, 0.2) is 0 Å². The van der Waals surface area contributed by atoms with Crippen molar-refractivity contribution < 1.29 is 14.7 Å². The molecule has 2 rings (SSSR count). The number of aliphatic carboxylic acids is 1. The summed E-state index contributed by atoms with van der Waals surface area (Å²) < 4.78 is 0. The van der Waals surface area contributed by atoms with Gasteiger partial charge in [-0.1, -0.05) is 13.8 Å². The Morgan fingerprint density at radius 2 is 1.89 bits per heavy atom. The smallest absolute Gasteiger partial charge is 0.306 e. The molecule has 1 N–H and O–H groups in total. The Kier molecular flexibility index (Phi) is 4.05. The summed E-state index contributed by atoms with van der Waals surface area (Å²) in [6, 6.07) is 0. The highest BCUT2D eigenvalue weighted by molar-refractivity contribution is 5.87. The Hall–Kier alpha value is -0.900. The van der Waals surface area contributed by atoms with Crippen molar-refractivity contribution in [3.05, 3.63) is 0 Å². The molecule has 0 aromatic heterocycles. The van der Waals surface area contributed by atoms with Gasteiger partial charge < -0.3 is 10.0 Å². The van der Waals surface area contributed by atoms with E-state index in [2.05, 4.69) is 18.7 Å². The molecule has 102 valence electrons. The largest absolute Gasteiger partial charge is 0.481 e. The van der Waals surface area contributed by atoms with Gasteiger partial charge in [0.1, 0.15) is 5.78 Å². The molecule has 1 saturated heterocycles. The third-order valence-corrected chi connectivity index (χ3v) is 4.27. The minimum atomic E-state index is -0.729. The van der Waals surface area contributed by atoms with Gasteiger partial charge in [-0.15, -0.1) is 0 Å². The first-order chi connectivity index (χ1) is 8.47. The molecule has 2 atom stereocenters. The van der Waals surface area contributed by atoms with Crippen LogP contribution in [0.1, 0.15) is 33.1 Å². The summed E-state index contributed by atoms with van der Waals surface area (Å²) in [5.74, 6) is -0.114. The molecule has 4 heteroatoms. The van der Waals surface area contributed by atoms with Crippen molar-refractivity contribution in [2.75, 3.05) is 19.6 Å². The highest BCUT2D eigenvalue weighted by Gasteiger charge is 2.43. The normalized spacial score (nSPS) is 32.8. The molecule has 18 heavy (non-hydrogen) atoms. The average Bonchev–Trinajstić information content (AvgIpc) is 2.26. The fourth-order valence-corrected chi connectivity index (χ4v) is 3.20. The molecule has 1 saturated carbocycles. The van der Waals surface area contributed by atoms with Gasteiger partial charge in [-0.05, 0) is 31.7 Å². The predicted octanol–water partition coefficient (Wildman–Crippen LogP) is 1.64. The molecule has 2 bridgehead atoms. The summed E-state index contributed by atoms with van der Waals surface area (Å²) in [5.41, 5.74) is 0. The first-order valence-electron chi connectivity index (χ1n) is 6.96. The number of carboxylic acid groups (broad SMARTS) is 1. The van der Waals surface area contributed by atoms with E-state index in [1.807, 2.05) is 0 Å². The van der Waals surface area contributed by atoms with Gasteiger partial charge >= 0.3 is 5.97 Å². The lowest BCUT2D eigenvalue weighted by Crippen LogP contribution is -2.52. The van der Waals surface area contributed by atoms with E-state index < -0.39 is 5.97 Å². The van der Waals surface area contributed by atoms with Crippen molar-refractivity contribution in [1.29, 1.82) is 0 Å². The SMILES string of the molecule is CC(C)CCN1CC2CC(C(=O)O)CC(C1)C2=O. The van der Waals surface area contributed by atoms with Gasteiger partial charge in [-0.2, -0.15) is 0 Å². The lowest BCUT2D eigenvalue weighted by Gasteiger charge is -2.42. The maximum atomic E-state index is 12.0. The number of rotatable bonds is 4. The molecule has 2 unspecified atom stereocenters. The third kappa shape index (κ3) is 2.91. The number of Topliss-reactive ketones (excluding diaryl/α,β-unsaturated/α-hetero) is 1. The van der Waals surface area contributed by atoms with E-state index in [0.717, 1.165) is 26.1 Å². The molecule has 1 aliphatic heterocycles. The van der Waals surface area contributed by atoms with E-state index in [0.29, 0.717) is 24.5 Å². The van der Waals surface area contributed by atoms with Crippen LogP contribution in [-0.2, 0) is 9.59 Å². The van der Waals surface area contributed by atoms with Crippen LogP contribution in [0, 0.1) is 23.7 Å². The number of carbonyl (C=O) groups excluding carboxylic acids is 1. The molecule has 4 nitrogen and oxygen atoms in total. The van der Waals surface area contributed by atoms with Gasteiger partial charge in [0.05, 0.1) is 5.92 Å². The van der Waals surface area contributed by atoms with Crippen molar-refractivity contribution in [3.63, 3.8) is 0 Å². The Morgan fingerprint density at radius 1 is 1.33 bits per heavy atom. The van der Waals surface area contributed by atoms with E-state index in [1.54, 1.807) is 0 Å². The lowest BCUT2D eigenvalue weighted by molar-refractivity contribution is -0.149. The van der Waals surface area contributed by atoms with E-state index >= 15 is 0 Å². The van der Waals surface area contributed by atoms with Crippen LogP contribution in [0.2, 0.25) is 0 Å². The average molecular weight is 253 g/mol. The summed E-state index contributed by atoms with van der Waals surface area (Å²) in [6.07, 6.45) is 2.24. The summed E-state index contributed by atoms with van der Waals surface area (Å²) in [4.78, 5) is 25.5. The number of fused-ring (bicyclic) bond motifs is 2. The van der Waals surface area contributed by atoms with Gasteiger partial charge in [-0.3, -0.25) is 9.59 Å². The maximum absolute atomic E-state index is 12.0. The zero-order valence-corrected chi connectivity index (χ0v) is 11.3. The molecule has 0 amide bonds. The summed E-state index contributed by atoms with van der Waals surface area (Å²) in [6.45, 7) is 6.99. The molecule has 1 heterocycles. The maximum Gasteiger partial charge on any atom is 0.306 e. The lowest BCUT2D eigenvalue weighted by atomic mass is 9.71. The van der Waals surface area contributed by atoms with E-state index in [1.165, 1.54) is 0 Å². The van der Waals surface area contributed by atoms with E-state index in [4.69, 9.17) is 5.11 Å². The Labute approximate surface area is 108 Å². The van der Waals surface area contributed by atoms with Gasteiger partial charge in [-0.25, -0.2) is 0 Å². The fourth-order valence-electron chi connectivity index (χ4n) is 3.20. The minimum absolute atomic E-state index is 0.0363. The van der Waals surface area contributed by atoms with Crippen LogP contribution in [0.25, 0.3) is 0 Å². The van der Waals surface area contributed by atoms with Crippen molar-refractivity contribution in [1.82, 2.24) is 4.90 Å².